The van der Waals surface area contributed by atoms with Crippen molar-refractivity contribution in [1.29, 1.82) is 0 Å². The molecule has 1 aliphatic rings. The van der Waals surface area contributed by atoms with Crippen molar-refractivity contribution in [3.8, 4) is 0 Å². The molecule has 0 radical (unpaired) electrons. The predicted octanol–water partition coefficient (Wildman–Crippen LogP) is 2.54. The van der Waals surface area contributed by atoms with Crippen LogP contribution in [0.1, 0.15) is 23.8 Å². The molecule has 2 N–H and O–H groups in total. The molecule has 2 atom stereocenters. The van der Waals surface area contributed by atoms with Crippen molar-refractivity contribution < 1.29 is 0 Å². The van der Waals surface area contributed by atoms with Crippen LogP contribution in [0.4, 0.5) is 0 Å². The van der Waals surface area contributed by atoms with E-state index in [0.717, 1.165) is 6.54 Å². The Bertz CT molecular complexity index is 382. The normalized spacial score (nSPS) is 23.5. The van der Waals surface area contributed by atoms with E-state index in [1.165, 1.54) is 28.7 Å². The summed E-state index contributed by atoms with van der Waals surface area (Å²) in [5.41, 5.74) is 6.01. The van der Waals surface area contributed by atoms with Gasteiger partial charge in [0.15, 0.2) is 0 Å². The summed E-state index contributed by atoms with van der Waals surface area (Å²) in [6.07, 6.45) is 2.56. The number of hydrogen-bond donors (Lipinski definition) is 1. The Morgan fingerprint density at radius 1 is 1.67 bits per heavy atom. The van der Waals surface area contributed by atoms with E-state index in [2.05, 4.69) is 51.3 Å². The summed E-state index contributed by atoms with van der Waals surface area (Å²) >= 11 is 5.42. The number of rotatable bonds is 4. The third-order valence-electron chi connectivity index (χ3n) is 3.84. The Morgan fingerprint density at radius 2 is 2.44 bits per heavy atom. The third-order valence-corrected chi connectivity index (χ3v) is 5.81. The second-order valence-electron chi connectivity index (χ2n) is 5.11. The minimum absolute atomic E-state index is 0.330. The lowest BCUT2D eigenvalue weighted by Gasteiger charge is -2.39. The SMILES string of the molecule is CN1CCCC(N(C)C(CN)c2sccc2Br)C1. The molecule has 1 aromatic heterocycles. The summed E-state index contributed by atoms with van der Waals surface area (Å²) < 4.78 is 1.19. The fraction of sp³-hybridized carbons (Fsp3) is 0.692. The smallest absolute Gasteiger partial charge is 0.0576 e. The van der Waals surface area contributed by atoms with Gasteiger partial charge in [-0.15, -0.1) is 11.3 Å². The molecule has 0 aliphatic carbocycles. The fourth-order valence-corrected chi connectivity index (χ4v) is 4.53. The van der Waals surface area contributed by atoms with Gasteiger partial charge in [0.05, 0.1) is 6.04 Å². The van der Waals surface area contributed by atoms with Gasteiger partial charge >= 0.3 is 0 Å². The van der Waals surface area contributed by atoms with Gasteiger partial charge in [-0.2, -0.15) is 0 Å². The summed E-state index contributed by atoms with van der Waals surface area (Å²) in [5, 5.41) is 2.13. The van der Waals surface area contributed by atoms with E-state index in [1.54, 1.807) is 11.3 Å². The van der Waals surface area contributed by atoms with Crippen molar-refractivity contribution in [3.05, 3.63) is 20.8 Å². The van der Waals surface area contributed by atoms with Crippen LogP contribution in [0.5, 0.6) is 0 Å². The summed E-state index contributed by atoms with van der Waals surface area (Å²) in [4.78, 5) is 6.24. The third kappa shape index (κ3) is 3.14. The van der Waals surface area contributed by atoms with E-state index < -0.39 is 0 Å². The molecule has 102 valence electrons. The molecular formula is C13H22BrN3S. The number of hydrogen-bond acceptors (Lipinski definition) is 4. The van der Waals surface area contributed by atoms with E-state index in [1.807, 2.05) is 0 Å². The van der Waals surface area contributed by atoms with Crippen LogP contribution < -0.4 is 5.73 Å². The minimum atomic E-state index is 0.330. The molecule has 0 saturated carbocycles. The van der Waals surface area contributed by atoms with Gasteiger partial charge in [0.1, 0.15) is 0 Å². The minimum Gasteiger partial charge on any atom is -0.329 e. The molecule has 2 heterocycles. The van der Waals surface area contributed by atoms with Crippen LogP contribution in [-0.4, -0.2) is 49.6 Å². The van der Waals surface area contributed by atoms with Crippen LogP contribution in [0.3, 0.4) is 0 Å². The van der Waals surface area contributed by atoms with Crippen LogP contribution >= 0.6 is 27.3 Å². The maximum Gasteiger partial charge on any atom is 0.0576 e. The van der Waals surface area contributed by atoms with Gasteiger partial charge in [-0.05, 0) is 60.9 Å². The number of likely N-dealkylation sites (tertiary alicyclic amines) is 1. The summed E-state index contributed by atoms with van der Waals surface area (Å²) in [5.74, 6) is 0. The van der Waals surface area contributed by atoms with Crippen molar-refractivity contribution in [2.24, 2.45) is 5.73 Å². The fourth-order valence-electron chi connectivity index (χ4n) is 2.73. The van der Waals surface area contributed by atoms with Crippen LogP contribution in [0.2, 0.25) is 0 Å². The second kappa shape index (κ2) is 6.48. The average Bonchev–Trinajstić information content (AvgIpc) is 2.77. The first-order chi connectivity index (χ1) is 8.63. The molecule has 2 unspecified atom stereocenters. The standard InChI is InChI=1S/C13H22BrN3S/c1-16-6-3-4-10(9-16)17(2)12(8-15)13-11(14)5-7-18-13/h5,7,10,12H,3-4,6,8-9,15H2,1-2H3. The van der Waals surface area contributed by atoms with Crippen molar-refractivity contribution in [2.75, 3.05) is 33.7 Å². The zero-order valence-electron chi connectivity index (χ0n) is 11.1. The zero-order chi connectivity index (χ0) is 13.1. The summed E-state index contributed by atoms with van der Waals surface area (Å²) in [7, 11) is 4.42. The van der Waals surface area contributed by atoms with E-state index in [4.69, 9.17) is 5.73 Å². The Morgan fingerprint density at radius 3 is 3.00 bits per heavy atom. The highest BCUT2D eigenvalue weighted by molar-refractivity contribution is 9.10. The second-order valence-corrected chi connectivity index (χ2v) is 6.91. The zero-order valence-corrected chi connectivity index (χ0v) is 13.5. The molecule has 18 heavy (non-hydrogen) atoms. The first kappa shape index (κ1) is 14.5. The first-order valence-electron chi connectivity index (χ1n) is 6.47. The lowest BCUT2D eigenvalue weighted by molar-refractivity contribution is 0.102. The predicted molar refractivity (Wildman–Crippen MR) is 82.1 cm³/mol. The molecular weight excluding hydrogens is 310 g/mol. The number of nitrogens with two attached hydrogens (primary N) is 1. The van der Waals surface area contributed by atoms with Gasteiger partial charge in [0.25, 0.3) is 0 Å². The highest BCUT2D eigenvalue weighted by Crippen LogP contribution is 2.33. The molecule has 2 rings (SSSR count). The molecule has 0 bridgehead atoms. The van der Waals surface area contributed by atoms with Gasteiger partial charge in [-0.1, -0.05) is 0 Å². The molecule has 1 saturated heterocycles. The van der Waals surface area contributed by atoms with Crippen molar-refractivity contribution in [3.63, 3.8) is 0 Å². The molecule has 1 fully saturated rings. The highest BCUT2D eigenvalue weighted by atomic mass is 79.9. The number of thiophene rings is 1. The van der Waals surface area contributed by atoms with Crippen LogP contribution in [0.15, 0.2) is 15.9 Å². The van der Waals surface area contributed by atoms with Gasteiger partial charge in [0.2, 0.25) is 0 Å². The molecule has 1 aromatic rings. The monoisotopic (exact) mass is 331 g/mol. The number of likely N-dealkylation sites (N-methyl/N-ethyl adjacent to an activating group) is 2. The van der Waals surface area contributed by atoms with Crippen LogP contribution in [0, 0.1) is 0 Å². The molecule has 0 aromatic carbocycles. The number of halogens is 1. The van der Waals surface area contributed by atoms with Crippen LogP contribution in [-0.2, 0) is 0 Å². The van der Waals surface area contributed by atoms with Gasteiger partial charge in [-0.25, -0.2) is 0 Å². The van der Waals surface area contributed by atoms with Crippen LogP contribution in [0.25, 0.3) is 0 Å². The van der Waals surface area contributed by atoms with Gasteiger partial charge < -0.3 is 10.6 Å². The quantitative estimate of drug-likeness (QED) is 0.920. The number of nitrogens with zero attached hydrogens (tertiary/aromatic N) is 2. The van der Waals surface area contributed by atoms with E-state index in [-0.39, 0.29) is 0 Å². The topological polar surface area (TPSA) is 32.5 Å². The highest BCUT2D eigenvalue weighted by Gasteiger charge is 2.28. The Balaban J connectivity index is 2.10. The van der Waals surface area contributed by atoms with Gasteiger partial charge in [0, 0.05) is 28.5 Å². The summed E-state index contributed by atoms with van der Waals surface area (Å²) in [6, 6.07) is 3.06. The van der Waals surface area contributed by atoms with Crippen molar-refractivity contribution >= 4 is 27.3 Å². The molecule has 5 heteroatoms. The van der Waals surface area contributed by atoms with E-state index in [9.17, 15) is 0 Å². The van der Waals surface area contributed by atoms with Crippen molar-refractivity contribution in [2.45, 2.75) is 24.9 Å². The first-order valence-corrected chi connectivity index (χ1v) is 8.14. The van der Waals surface area contributed by atoms with E-state index >= 15 is 0 Å². The Hall–Kier alpha value is 0.0600. The molecule has 3 nitrogen and oxygen atoms in total. The summed E-state index contributed by atoms with van der Waals surface area (Å²) in [6.45, 7) is 3.05. The van der Waals surface area contributed by atoms with Gasteiger partial charge in [-0.3, -0.25) is 4.90 Å². The van der Waals surface area contributed by atoms with Crippen molar-refractivity contribution in [1.82, 2.24) is 9.80 Å². The molecule has 1 aliphatic heterocycles. The van der Waals surface area contributed by atoms with E-state index in [0.29, 0.717) is 18.6 Å². The lowest BCUT2D eigenvalue weighted by atomic mass is 10.0. The Labute approximate surface area is 122 Å². The Kier molecular flexibility index (Phi) is 5.21. The maximum absolute atomic E-state index is 6.01. The lowest BCUT2D eigenvalue weighted by Crippen LogP contribution is -2.47. The molecule has 0 spiro atoms. The molecule has 0 amide bonds. The largest absolute Gasteiger partial charge is 0.329 e. The maximum atomic E-state index is 6.01. The number of piperidine rings is 1. The average molecular weight is 332 g/mol.